The van der Waals surface area contributed by atoms with Crippen LogP contribution in [0, 0.1) is 20.8 Å². The van der Waals surface area contributed by atoms with Gasteiger partial charge in [-0.25, -0.2) is 0 Å². The zero-order chi connectivity index (χ0) is 11.3. The van der Waals surface area contributed by atoms with Gasteiger partial charge in [0.2, 0.25) is 0 Å². The molecule has 1 aromatic carbocycles. The maximum absolute atomic E-state index is 5.48. The number of benzene rings is 1. The Hall–Kier alpha value is -0.690. The quantitative estimate of drug-likeness (QED) is 0.597. The molecule has 0 spiro atoms. The Morgan fingerprint density at radius 2 is 1.80 bits per heavy atom. The van der Waals surface area contributed by atoms with Crippen molar-refractivity contribution in [1.29, 1.82) is 0 Å². The van der Waals surface area contributed by atoms with E-state index in [1.54, 1.807) is 0 Å². The molecular formula is C13H15IO. The SMILES string of the molecule is CC(C)(C)C#CCOc1ccc(I)cc1. The Bertz CT molecular complexity index is 362. The van der Waals surface area contributed by atoms with Crippen LogP contribution in [-0.4, -0.2) is 6.61 Å². The van der Waals surface area contributed by atoms with Crippen LogP contribution in [0.15, 0.2) is 24.3 Å². The first-order valence-electron chi connectivity index (χ1n) is 4.86. The zero-order valence-corrected chi connectivity index (χ0v) is 11.5. The van der Waals surface area contributed by atoms with Gasteiger partial charge >= 0.3 is 0 Å². The fourth-order valence-electron chi connectivity index (χ4n) is 0.951. The van der Waals surface area contributed by atoms with Gasteiger partial charge < -0.3 is 4.74 Å². The number of hydrogen-bond donors (Lipinski definition) is 0. The van der Waals surface area contributed by atoms with E-state index >= 15 is 0 Å². The van der Waals surface area contributed by atoms with E-state index in [-0.39, 0.29) is 5.41 Å². The van der Waals surface area contributed by atoms with Crippen molar-refractivity contribution in [2.75, 3.05) is 6.61 Å². The van der Waals surface area contributed by atoms with Crippen LogP contribution in [0.4, 0.5) is 0 Å². The lowest BCUT2D eigenvalue weighted by atomic mass is 9.98. The normalized spacial score (nSPS) is 10.4. The van der Waals surface area contributed by atoms with Crippen molar-refractivity contribution >= 4 is 22.6 Å². The summed E-state index contributed by atoms with van der Waals surface area (Å²) in [7, 11) is 0. The highest BCUT2D eigenvalue weighted by Gasteiger charge is 2.02. The van der Waals surface area contributed by atoms with Gasteiger partial charge in [0, 0.05) is 8.99 Å². The molecule has 0 aliphatic carbocycles. The molecule has 1 nitrogen and oxygen atoms in total. The predicted octanol–water partition coefficient (Wildman–Crippen LogP) is 3.72. The van der Waals surface area contributed by atoms with Crippen molar-refractivity contribution in [2.24, 2.45) is 5.41 Å². The molecule has 0 heterocycles. The van der Waals surface area contributed by atoms with Gasteiger partial charge in [-0.15, -0.1) is 0 Å². The second kappa shape index (κ2) is 5.41. The average Bonchev–Trinajstić information content (AvgIpc) is 2.14. The molecule has 0 saturated carbocycles. The van der Waals surface area contributed by atoms with Gasteiger partial charge in [-0.3, -0.25) is 0 Å². The fraction of sp³-hybridized carbons (Fsp3) is 0.385. The van der Waals surface area contributed by atoms with Gasteiger partial charge in [-0.05, 0) is 67.6 Å². The molecule has 0 aliphatic rings. The van der Waals surface area contributed by atoms with E-state index < -0.39 is 0 Å². The maximum atomic E-state index is 5.48. The topological polar surface area (TPSA) is 9.23 Å². The monoisotopic (exact) mass is 314 g/mol. The fourth-order valence-corrected chi connectivity index (χ4v) is 1.31. The second-order valence-corrected chi connectivity index (χ2v) is 5.54. The Kier molecular flexibility index (Phi) is 4.46. The van der Waals surface area contributed by atoms with Crippen molar-refractivity contribution in [1.82, 2.24) is 0 Å². The second-order valence-electron chi connectivity index (χ2n) is 4.29. The highest BCUT2D eigenvalue weighted by Crippen LogP contribution is 2.13. The lowest BCUT2D eigenvalue weighted by Crippen LogP contribution is -2.01. The summed E-state index contributed by atoms with van der Waals surface area (Å²) in [6.45, 7) is 6.72. The van der Waals surface area contributed by atoms with E-state index in [4.69, 9.17) is 4.74 Å². The summed E-state index contributed by atoms with van der Waals surface area (Å²) < 4.78 is 6.69. The smallest absolute Gasteiger partial charge is 0.149 e. The third-order valence-electron chi connectivity index (χ3n) is 1.59. The van der Waals surface area contributed by atoms with Crippen molar-refractivity contribution in [3.63, 3.8) is 0 Å². The van der Waals surface area contributed by atoms with Crippen LogP contribution in [0.3, 0.4) is 0 Å². The highest BCUT2D eigenvalue weighted by molar-refractivity contribution is 14.1. The Balaban J connectivity index is 2.44. The molecule has 0 unspecified atom stereocenters. The third-order valence-corrected chi connectivity index (χ3v) is 2.31. The molecule has 2 heteroatoms. The Morgan fingerprint density at radius 3 is 2.33 bits per heavy atom. The highest BCUT2D eigenvalue weighted by atomic mass is 127. The largest absolute Gasteiger partial charge is 0.481 e. The van der Waals surface area contributed by atoms with Crippen LogP contribution >= 0.6 is 22.6 Å². The first-order valence-corrected chi connectivity index (χ1v) is 5.94. The van der Waals surface area contributed by atoms with Crippen molar-refractivity contribution in [2.45, 2.75) is 20.8 Å². The molecule has 1 aromatic rings. The summed E-state index contributed by atoms with van der Waals surface area (Å²) in [6, 6.07) is 7.96. The van der Waals surface area contributed by atoms with E-state index in [1.165, 1.54) is 3.57 Å². The molecule has 0 radical (unpaired) electrons. The molecule has 15 heavy (non-hydrogen) atoms. The van der Waals surface area contributed by atoms with Crippen molar-refractivity contribution in [3.8, 4) is 17.6 Å². The number of halogens is 1. The Labute approximate surface area is 105 Å². The van der Waals surface area contributed by atoms with E-state index in [9.17, 15) is 0 Å². The van der Waals surface area contributed by atoms with Crippen molar-refractivity contribution < 1.29 is 4.74 Å². The van der Waals surface area contributed by atoms with Crippen LogP contribution in [0.1, 0.15) is 20.8 Å². The molecule has 0 atom stereocenters. The van der Waals surface area contributed by atoms with Gasteiger partial charge in [0.25, 0.3) is 0 Å². The third kappa shape index (κ3) is 5.68. The molecule has 0 bridgehead atoms. The molecule has 0 saturated heterocycles. The summed E-state index contributed by atoms with van der Waals surface area (Å²) in [6.07, 6.45) is 0. The minimum absolute atomic E-state index is 0.0510. The zero-order valence-electron chi connectivity index (χ0n) is 9.30. The molecule has 0 fully saturated rings. The molecular weight excluding hydrogens is 299 g/mol. The summed E-state index contributed by atoms with van der Waals surface area (Å²) in [5.74, 6) is 7.02. The van der Waals surface area contributed by atoms with E-state index in [1.807, 2.05) is 24.3 Å². The van der Waals surface area contributed by atoms with Crippen molar-refractivity contribution in [3.05, 3.63) is 27.8 Å². The predicted molar refractivity (Wildman–Crippen MR) is 71.9 cm³/mol. The van der Waals surface area contributed by atoms with E-state index in [0.29, 0.717) is 6.61 Å². The van der Waals surface area contributed by atoms with Gasteiger partial charge in [0.15, 0.2) is 0 Å². The molecule has 0 aromatic heterocycles. The molecule has 0 amide bonds. The first kappa shape index (κ1) is 12.4. The lowest BCUT2D eigenvalue weighted by molar-refractivity contribution is 0.369. The van der Waals surface area contributed by atoms with E-state index in [0.717, 1.165) is 5.75 Å². The minimum Gasteiger partial charge on any atom is -0.481 e. The average molecular weight is 314 g/mol. The van der Waals surface area contributed by atoms with Crippen LogP contribution in [0.2, 0.25) is 0 Å². The maximum Gasteiger partial charge on any atom is 0.149 e. The van der Waals surface area contributed by atoms with Crippen LogP contribution in [0.25, 0.3) is 0 Å². The molecule has 0 N–H and O–H groups in total. The van der Waals surface area contributed by atoms with Crippen LogP contribution in [-0.2, 0) is 0 Å². The van der Waals surface area contributed by atoms with Gasteiger partial charge in [-0.2, -0.15) is 0 Å². The summed E-state index contributed by atoms with van der Waals surface area (Å²) in [5, 5.41) is 0. The summed E-state index contributed by atoms with van der Waals surface area (Å²) >= 11 is 2.27. The molecule has 80 valence electrons. The standard InChI is InChI=1S/C13H15IO/c1-13(2,3)9-4-10-15-12-7-5-11(14)6-8-12/h5-8H,10H2,1-3H3. The number of ether oxygens (including phenoxy) is 1. The first-order chi connectivity index (χ1) is 6.97. The minimum atomic E-state index is 0.0510. The Morgan fingerprint density at radius 1 is 1.20 bits per heavy atom. The lowest BCUT2D eigenvalue weighted by Gasteiger charge is -2.07. The summed E-state index contributed by atoms with van der Waals surface area (Å²) in [5.41, 5.74) is 0.0510. The molecule has 1 rings (SSSR count). The molecule has 0 aliphatic heterocycles. The van der Waals surface area contributed by atoms with Gasteiger partial charge in [0.05, 0.1) is 0 Å². The van der Waals surface area contributed by atoms with Crippen LogP contribution in [0.5, 0.6) is 5.75 Å². The number of rotatable bonds is 2. The van der Waals surface area contributed by atoms with Gasteiger partial charge in [0.1, 0.15) is 12.4 Å². The van der Waals surface area contributed by atoms with Gasteiger partial charge in [-0.1, -0.05) is 11.8 Å². The van der Waals surface area contributed by atoms with Crippen LogP contribution < -0.4 is 4.74 Å². The number of hydrogen-bond acceptors (Lipinski definition) is 1. The van der Waals surface area contributed by atoms with E-state index in [2.05, 4.69) is 55.2 Å². The summed E-state index contributed by atoms with van der Waals surface area (Å²) in [4.78, 5) is 0.